The SMILES string of the molecule is CP(=O)(Nc1ccc(F)c(Cl)c1)Oc1ccccc1. The highest BCUT2D eigenvalue weighted by atomic mass is 35.5. The van der Waals surface area contributed by atoms with Gasteiger partial charge in [-0.1, -0.05) is 29.8 Å². The Labute approximate surface area is 115 Å². The Morgan fingerprint density at radius 1 is 1.21 bits per heavy atom. The molecule has 19 heavy (non-hydrogen) atoms. The third-order valence-electron chi connectivity index (χ3n) is 2.27. The Kier molecular flexibility index (Phi) is 4.13. The van der Waals surface area contributed by atoms with Crippen LogP contribution < -0.4 is 9.61 Å². The van der Waals surface area contributed by atoms with Crippen LogP contribution in [-0.4, -0.2) is 6.66 Å². The van der Waals surface area contributed by atoms with Crippen molar-refractivity contribution in [2.24, 2.45) is 0 Å². The van der Waals surface area contributed by atoms with Gasteiger partial charge in [-0.15, -0.1) is 0 Å². The molecule has 0 amide bonds. The number of nitrogens with one attached hydrogen (secondary N) is 1. The average Bonchev–Trinajstić information content (AvgIpc) is 2.34. The van der Waals surface area contributed by atoms with Crippen LogP contribution in [0.5, 0.6) is 5.75 Å². The van der Waals surface area contributed by atoms with Gasteiger partial charge in [0.15, 0.2) is 0 Å². The van der Waals surface area contributed by atoms with E-state index < -0.39 is 13.3 Å². The summed E-state index contributed by atoms with van der Waals surface area (Å²) in [5.74, 6) is -0.0313. The fourth-order valence-electron chi connectivity index (χ4n) is 1.51. The molecule has 0 aliphatic heterocycles. The maximum absolute atomic E-state index is 13.0. The van der Waals surface area contributed by atoms with E-state index >= 15 is 0 Å². The first-order valence-electron chi connectivity index (χ1n) is 5.52. The van der Waals surface area contributed by atoms with Crippen molar-refractivity contribution in [2.75, 3.05) is 11.8 Å². The summed E-state index contributed by atoms with van der Waals surface area (Å²) < 4.78 is 30.7. The van der Waals surface area contributed by atoms with Gasteiger partial charge in [0.25, 0.3) is 0 Å². The lowest BCUT2D eigenvalue weighted by Crippen LogP contribution is -2.02. The molecule has 0 aromatic heterocycles. The van der Waals surface area contributed by atoms with Crippen LogP contribution in [0.3, 0.4) is 0 Å². The number of halogens is 2. The van der Waals surface area contributed by atoms with Crippen LogP contribution in [0.15, 0.2) is 48.5 Å². The summed E-state index contributed by atoms with van der Waals surface area (Å²) in [5.41, 5.74) is 0.438. The zero-order valence-corrected chi connectivity index (χ0v) is 11.8. The van der Waals surface area contributed by atoms with Gasteiger partial charge in [0.1, 0.15) is 11.6 Å². The highest BCUT2D eigenvalue weighted by Gasteiger charge is 2.17. The molecule has 6 heteroatoms. The minimum atomic E-state index is -3.10. The molecule has 0 heterocycles. The number of rotatable bonds is 4. The topological polar surface area (TPSA) is 38.3 Å². The molecule has 0 saturated heterocycles. The molecule has 1 unspecified atom stereocenters. The van der Waals surface area contributed by atoms with E-state index in [4.69, 9.17) is 16.1 Å². The van der Waals surface area contributed by atoms with Crippen LogP contribution in [0.25, 0.3) is 0 Å². The molecule has 2 aromatic rings. The molecular formula is C13H12ClFNO2P. The second-order valence-corrected chi connectivity index (χ2v) is 6.50. The number of para-hydroxylation sites is 1. The van der Waals surface area contributed by atoms with Gasteiger partial charge in [-0.3, -0.25) is 4.57 Å². The van der Waals surface area contributed by atoms with Gasteiger partial charge < -0.3 is 9.61 Å². The van der Waals surface area contributed by atoms with Crippen molar-refractivity contribution >= 4 is 24.8 Å². The first-order valence-corrected chi connectivity index (χ1v) is 7.97. The zero-order chi connectivity index (χ0) is 13.9. The first kappa shape index (κ1) is 13.9. The lowest BCUT2D eigenvalue weighted by Gasteiger charge is -2.17. The van der Waals surface area contributed by atoms with Gasteiger partial charge in [-0.2, -0.15) is 0 Å². The fourth-order valence-corrected chi connectivity index (χ4v) is 2.86. The number of hydrogen-bond acceptors (Lipinski definition) is 2. The van der Waals surface area contributed by atoms with Crippen molar-refractivity contribution in [1.82, 2.24) is 0 Å². The number of benzene rings is 2. The number of anilines is 1. The van der Waals surface area contributed by atoms with E-state index in [1.54, 1.807) is 24.3 Å². The average molecular weight is 300 g/mol. The zero-order valence-electron chi connectivity index (χ0n) is 10.1. The Bertz CT molecular complexity index is 621. The summed E-state index contributed by atoms with van der Waals surface area (Å²) in [6.45, 7) is 1.44. The molecule has 100 valence electrons. The standard InChI is InChI=1S/C13H12ClFNO2P/c1-19(17,18-11-5-3-2-4-6-11)16-10-7-8-13(15)12(14)9-10/h2-9H,1H3,(H,16,17). The van der Waals surface area contributed by atoms with E-state index in [9.17, 15) is 8.96 Å². The highest BCUT2D eigenvalue weighted by molar-refractivity contribution is 7.60. The van der Waals surface area contributed by atoms with E-state index in [1.165, 1.54) is 24.9 Å². The second-order valence-electron chi connectivity index (χ2n) is 3.99. The van der Waals surface area contributed by atoms with Crippen LogP contribution in [0.4, 0.5) is 10.1 Å². The molecule has 0 fully saturated rings. The molecular weight excluding hydrogens is 288 g/mol. The van der Waals surface area contributed by atoms with Crippen molar-refractivity contribution in [3.8, 4) is 5.75 Å². The lowest BCUT2D eigenvalue weighted by molar-refractivity contribution is 0.493. The van der Waals surface area contributed by atoms with E-state index in [0.717, 1.165) is 0 Å². The van der Waals surface area contributed by atoms with Crippen LogP contribution in [0.2, 0.25) is 5.02 Å². The largest absolute Gasteiger partial charge is 0.429 e. The summed E-state index contributed by atoms with van der Waals surface area (Å²) in [7, 11) is -3.10. The molecule has 0 aliphatic rings. The summed E-state index contributed by atoms with van der Waals surface area (Å²) in [4.78, 5) is 0. The molecule has 2 aromatic carbocycles. The van der Waals surface area contributed by atoms with Gasteiger partial charge >= 0.3 is 7.52 Å². The van der Waals surface area contributed by atoms with E-state index in [-0.39, 0.29) is 5.02 Å². The van der Waals surface area contributed by atoms with Crippen molar-refractivity contribution in [3.63, 3.8) is 0 Å². The quantitative estimate of drug-likeness (QED) is 0.825. The predicted octanol–water partition coefficient (Wildman–Crippen LogP) is 4.79. The molecule has 1 atom stereocenters. The highest BCUT2D eigenvalue weighted by Crippen LogP contribution is 2.43. The van der Waals surface area contributed by atoms with Crippen molar-refractivity contribution in [1.29, 1.82) is 0 Å². The van der Waals surface area contributed by atoms with E-state index in [0.29, 0.717) is 11.4 Å². The van der Waals surface area contributed by atoms with Gasteiger partial charge in [-0.05, 0) is 30.3 Å². The monoisotopic (exact) mass is 299 g/mol. The van der Waals surface area contributed by atoms with Crippen LogP contribution in [0, 0.1) is 5.82 Å². The van der Waals surface area contributed by atoms with Gasteiger partial charge in [-0.25, -0.2) is 4.39 Å². The first-order chi connectivity index (χ1) is 8.96. The molecule has 3 nitrogen and oxygen atoms in total. The van der Waals surface area contributed by atoms with Crippen LogP contribution >= 0.6 is 19.1 Å². The minimum Gasteiger partial charge on any atom is -0.429 e. The third-order valence-corrected chi connectivity index (χ3v) is 3.79. The minimum absolute atomic E-state index is 0.0373. The van der Waals surface area contributed by atoms with Crippen molar-refractivity contribution < 1.29 is 13.5 Å². The summed E-state index contributed by atoms with van der Waals surface area (Å²) in [5, 5.41) is 2.68. The fraction of sp³-hybridized carbons (Fsp3) is 0.0769. The normalized spacial score (nSPS) is 13.6. The molecule has 0 aliphatic carbocycles. The summed E-state index contributed by atoms with van der Waals surface area (Å²) in [6, 6.07) is 12.8. The van der Waals surface area contributed by atoms with Crippen molar-refractivity contribution in [2.45, 2.75) is 0 Å². The van der Waals surface area contributed by atoms with Crippen LogP contribution in [0.1, 0.15) is 0 Å². The van der Waals surface area contributed by atoms with Gasteiger partial charge in [0.05, 0.1) is 5.02 Å². The summed E-state index contributed by atoms with van der Waals surface area (Å²) >= 11 is 5.66. The predicted molar refractivity (Wildman–Crippen MR) is 75.6 cm³/mol. The van der Waals surface area contributed by atoms with Crippen molar-refractivity contribution in [3.05, 3.63) is 59.4 Å². The molecule has 0 bridgehead atoms. The molecule has 1 N–H and O–H groups in total. The second kappa shape index (κ2) is 5.64. The lowest BCUT2D eigenvalue weighted by atomic mass is 10.3. The third kappa shape index (κ3) is 3.98. The molecule has 0 spiro atoms. The molecule has 2 rings (SSSR count). The van der Waals surface area contributed by atoms with Gasteiger partial charge in [0.2, 0.25) is 0 Å². The maximum Gasteiger partial charge on any atom is 0.338 e. The van der Waals surface area contributed by atoms with E-state index in [2.05, 4.69) is 5.09 Å². The Morgan fingerprint density at radius 3 is 2.53 bits per heavy atom. The Morgan fingerprint density at radius 2 is 1.89 bits per heavy atom. The molecule has 0 radical (unpaired) electrons. The van der Waals surface area contributed by atoms with Crippen LogP contribution in [-0.2, 0) is 4.57 Å². The Hall–Kier alpha value is -1.51. The smallest absolute Gasteiger partial charge is 0.338 e. The molecule has 0 saturated carbocycles. The van der Waals surface area contributed by atoms with E-state index in [1.807, 2.05) is 6.07 Å². The Balaban J connectivity index is 2.12. The number of hydrogen-bond donors (Lipinski definition) is 1. The summed E-state index contributed by atoms with van der Waals surface area (Å²) in [6.07, 6.45) is 0. The maximum atomic E-state index is 13.0. The van der Waals surface area contributed by atoms with Gasteiger partial charge in [0, 0.05) is 12.4 Å².